The van der Waals surface area contributed by atoms with Gasteiger partial charge in [-0.15, -0.1) is 0 Å². The quantitative estimate of drug-likeness (QED) is 0.737. The van der Waals surface area contributed by atoms with Gasteiger partial charge >= 0.3 is 0 Å². The Morgan fingerprint density at radius 2 is 1.90 bits per heavy atom. The second kappa shape index (κ2) is 4.89. The highest BCUT2D eigenvalue weighted by molar-refractivity contribution is 5.89. The number of methoxy groups -OCH3 is 1. The number of aromatic nitrogens is 1. The number of hydrogen-bond donors (Lipinski definition) is 1. The Hall–Kier alpha value is -2.48. The molecule has 0 unspecified atom stereocenters. The van der Waals surface area contributed by atoms with Crippen LogP contribution in [0.5, 0.6) is 5.75 Å². The van der Waals surface area contributed by atoms with E-state index in [9.17, 15) is 0 Å². The minimum atomic E-state index is 0.865. The summed E-state index contributed by atoms with van der Waals surface area (Å²) in [6, 6.07) is 16.4. The second-order valence-corrected chi connectivity index (χ2v) is 4.93. The summed E-state index contributed by atoms with van der Waals surface area (Å²) < 4.78 is 5.26. The number of nitrogens with one attached hydrogen (secondary N) is 1. The highest BCUT2D eigenvalue weighted by Crippen LogP contribution is 2.28. The number of H-pyrrole nitrogens is 1. The molecule has 3 aromatic rings. The van der Waals surface area contributed by atoms with Crippen LogP contribution >= 0.6 is 0 Å². The van der Waals surface area contributed by atoms with Crippen molar-refractivity contribution in [2.45, 2.75) is 6.92 Å². The van der Waals surface area contributed by atoms with E-state index in [1.807, 2.05) is 30.3 Å². The van der Waals surface area contributed by atoms with Gasteiger partial charge < -0.3 is 9.72 Å². The van der Waals surface area contributed by atoms with Crippen LogP contribution in [0, 0.1) is 6.92 Å². The Bertz CT molecular complexity index is 783. The zero-order valence-electron chi connectivity index (χ0n) is 11.7. The number of aromatic amines is 1. The highest BCUT2D eigenvalue weighted by atomic mass is 16.5. The Morgan fingerprint density at radius 3 is 2.65 bits per heavy atom. The number of ether oxygens (including phenoxy) is 1. The van der Waals surface area contributed by atoms with E-state index in [4.69, 9.17) is 4.74 Å². The zero-order valence-corrected chi connectivity index (χ0v) is 11.7. The van der Waals surface area contributed by atoms with E-state index in [-0.39, 0.29) is 0 Å². The smallest absolute Gasteiger partial charge is 0.119 e. The van der Waals surface area contributed by atoms with Crippen LogP contribution in [-0.2, 0) is 0 Å². The molecule has 0 saturated carbocycles. The summed E-state index contributed by atoms with van der Waals surface area (Å²) in [4.78, 5) is 3.42. The van der Waals surface area contributed by atoms with Gasteiger partial charge in [-0.3, -0.25) is 0 Å². The van der Waals surface area contributed by atoms with E-state index in [0.29, 0.717) is 0 Å². The Morgan fingerprint density at radius 1 is 1.10 bits per heavy atom. The van der Waals surface area contributed by atoms with Gasteiger partial charge in [-0.1, -0.05) is 30.8 Å². The van der Waals surface area contributed by atoms with Crippen LogP contribution in [0.3, 0.4) is 0 Å². The molecule has 0 fully saturated rings. The maximum Gasteiger partial charge on any atom is 0.119 e. The molecule has 1 heterocycles. The molecular formula is C18H17NO. The first-order chi connectivity index (χ1) is 9.69. The third kappa shape index (κ3) is 2.10. The Balaban J connectivity index is 2.06. The molecule has 2 nitrogen and oxygen atoms in total. The van der Waals surface area contributed by atoms with Crippen LogP contribution < -0.4 is 4.74 Å². The minimum Gasteiger partial charge on any atom is -0.497 e. The van der Waals surface area contributed by atoms with E-state index in [0.717, 1.165) is 27.9 Å². The summed E-state index contributed by atoms with van der Waals surface area (Å²) in [6.07, 6.45) is 0. The molecule has 0 bridgehead atoms. The maximum atomic E-state index is 5.26. The van der Waals surface area contributed by atoms with Crippen molar-refractivity contribution in [3.63, 3.8) is 0 Å². The van der Waals surface area contributed by atoms with E-state index in [1.54, 1.807) is 7.11 Å². The van der Waals surface area contributed by atoms with Crippen molar-refractivity contribution in [2.24, 2.45) is 0 Å². The molecule has 2 aromatic carbocycles. The van der Waals surface area contributed by atoms with Crippen molar-refractivity contribution < 1.29 is 4.74 Å². The van der Waals surface area contributed by atoms with Gasteiger partial charge in [-0.2, -0.15) is 0 Å². The van der Waals surface area contributed by atoms with E-state index in [2.05, 4.69) is 36.7 Å². The predicted molar refractivity (Wildman–Crippen MR) is 84.2 cm³/mol. The number of benzene rings is 2. The molecule has 0 radical (unpaired) electrons. The van der Waals surface area contributed by atoms with Crippen molar-refractivity contribution in [2.75, 3.05) is 7.11 Å². The van der Waals surface area contributed by atoms with E-state index < -0.39 is 0 Å². The normalized spacial score (nSPS) is 10.7. The fourth-order valence-corrected chi connectivity index (χ4v) is 2.46. The molecular weight excluding hydrogens is 246 g/mol. The molecule has 1 aromatic heterocycles. The van der Waals surface area contributed by atoms with Gasteiger partial charge in [-0.25, -0.2) is 0 Å². The summed E-state index contributed by atoms with van der Waals surface area (Å²) in [5.74, 6) is 0.865. The fraction of sp³-hybridized carbons (Fsp3) is 0.111. The highest BCUT2D eigenvalue weighted by Gasteiger charge is 2.08. The van der Waals surface area contributed by atoms with Crippen molar-refractivity contribution in [3.05, 3.63) is 71.9 Å². The molecule has 3 rings (SSSR count). The minimum absolute atomic E-state index is 0.865. The standard InChI is InChI=1S/C18H17NO/c1-12-6-4-5-7-16(12)13(2)18-11-14-10-15(20-3)8-9-17(14)19-18/h4-11,19H,2H2,1,3H3. The molecule has 1 N–H and O–H groups in total. The van der Waals surface area contributed by atoms with Gasteiger partial charge in [0.15, 0.2) is 0 Å². The number of hydrogen-bond acceptors (Lipinski definition) is 1. The summed E-state index contributed by atoms with van der Waals surface area (Å²) in [5, 5.41) is 1.13. The van der Waals surface area contributed by atoms with Gasteiger partial charge in [0, 0.05) is 16.6 Å². The van der Waals surface area contributed by atoms with Crippen molar-refractivity contribution in [3.8, 4) is 5.75 Å². The van der Waals surface area contributed by atoms with Crippen LogP contribution in [0.15, 0.2) is 55.1 Å². The lowest BCUT2D eigenvalue weighted by Gasteiger charge is -2.07. The first-order valence-corrected chi connectivity index (χ1v) is 6.61. The molecule has 0 spiro atoms. The lowest BCUT2D eigenvalue weighted by Crippen LogP contribution is -1.89. The molecule has 0 saturated heterocycles. The van der Waals surface area contributed by atoms with E-state index in [1.165, 1.54) is 11.1 Å². The average molecular weight is 263 g/mol. The van der Waals surface area contributed by atoms with Gasteiger partial charge in [0.1, 0.15) is 5.75 Å². The second-order valence-electron chi connectivity index (χ2n) is 4.93. The first-order valence-electron chi connectivity index (χ1n) is 6.61. The molecule has 0 aliphatic heterocycles. The van der Waals surface area contributed by atoms with Crippen LogP contribution in [0.4, 0.5) is 0 Å². The molecule has 0 aliphatic rings. The zero-order chi connectivity index (χ0) is 14.1. The van der Waals surface area contributed by atoms with Gasteiger partial charge in [0.25, 0.3) is 0 Å². The van der Waals surface area contributed by atoms with Crippen molar-refractivity contribution in [1.82, 2.24) is 4.98 Å². The van der Waals surface area contributed by atoms with Crippen LogP contribution in [0.2, 0.25) is 0 Å². The van der Waals surface area contributed by atoms with Crippen LogP contribution in [0.1, 0.15) is 16.8 Å². The SMILES string of the molecule is C=C(c1cc2cc(OC)ccc2[nH]1)c1ccccc1C. The van der Waals surface area contributed by atoms with Gasteiger partial charge in [0.2, 0.25) is 0 Å². The van der Waals surface area contributed by atoms with E-state index >= 15 is 0 Å². The largest absolute Gasteiger partial charge is 0.497 e. The molecule has 100 valence electrons. The number of aryl methyl sites for hydroxylation is 1. The van der Waals surface area contributed by atoms with Crippen LogP contribution in [-0.4, -0.2) is 12.1 Å². The maximum absolute atomic E-state index is 5.26. The molecule has 0 aliphatic carbocycles. The molecule has 0 atom stereocenters. The number of fused-ring (bicyclic) bond motifs is 1. The molecule has 2 heteroatoms. The summed E-state index contributed by atoms with van der Waals surface area (Å²) in [6.45, 7) is 6.33. The third-order valence-corrected chi connectivity index (χ3v) is 3.62. The summed E-state index contributed by atoms with van der Waals surface area (Å²) >= 11 is 0. The Kier molecular flexibility index (Phi) is 3.07. The average Bonchev–Trinajstić information content (AvgIpc) is 2.89. The van der Waals surface area contributed by atoms with Gasteiger partial charge in [-0.05, 0) is 47.9 Å². The van der Waals surface area contributed by atoms with Crippen molar-refractivity contribution in [1.29, 1.82) is 0 Å². The van der Waals surface area contributed by atoms with Gasteiger partial charge in [0.05, 0.1) is 7.11 Å². The summed E-state index contributed by atoms with van der Waals surface area (Å²) in [7, 11) is 1.68. The topological polar surface area (TPSA) is 25.0 Å². The summed E-state index contributed by atoms with van der Waals surface area (Å²) in [5.41, 5.74) is 5.55. The fourth-order valence-electron chi connectivity index (χ4n) is 2.46. The lowest BCUT2D eigenvalue weighted by molar-refractivity contribution is 0.415. The monoisotopic (exact) mass is 263 g/mol. The molecule has 0 amide bonds. The third-order valence-electron chi connectivity index (χ3n) is 3.62. The first kappa shape index (κ1) is 12.5. The van der Waals surface area contributed by atoms with Crippen molar-refractivity contribution >= 4 is 16.5 Å². The predicted octanol–water partition coefficient (Wildman–Crippen LogP) is 4.55. The molecule has 20 heavy (non-hydrogen) atoms. The lowest BCUT2D eigenvalue weighted by atomic mass is 10.00. The Labute approximate surface area is 118 Å². The van der Waals surface area contributed by atoms with Crippen LogP contribution in [0.25, 0.3) is 16.5 Å². The number of rotatable bonds is 3.